The minimum absolute atomic E-state index is 0.237. The lowest BCUT2D eigenvalue weighted by atomic mass is 9.95. The van der Waals surface area contributed by atoms with Crippen LogP contribution in [0.2, 0.25) is 0 Å². The fourth-order valence-electron chi connectivity index (χ4n) is 3.32. The summed E-state index contributed by atoms with van der Waals surface area (Å²) in [5.74, 6) is 1.44. The van der Waals surface area contributed by atoms with E-state index in [9.17, 15) is 5.11 Å². The third-order valence-electron chi connectivity index (χ3n) is 4.93. The van der Waals surface area contributed by atoms with Crippen molar-refractivity contribution in [1.82, 2.24) is 4.90 Å². The SMILES string of the molecule is Cc1c(C)c2c(c(C)c1O)CC(CCN1CCOCC1)O2. The number of aromatic hydroxyl groups is 1. The lowest BCUT2D eigenvalue weighted by Crippen LogP contribution is -2.38. The van der Waals surface area contributed by atoms with E-state index in [1.54, 1.807) is 0 Å². The molecule has 1 fully saturated rings. The number of benzene rings is 1. The van der Waals surface area contributed by atoms with Crippen molar-refractivity contribution < 1.29 is 14.6 Å². The molecule has 1 saturated heterocycles. The van der Waals surface area contributed by atoms with Gasteiger partial charge in [0.15, 0.2) is 0 Å². The lowest BCUT2D eigenvalue weighted by molar-refractivity contribution is 0.0328. The molecular weight excluding hydrogens is 266 g/mol. The Morgan fingerprint density at radius 3 is 2.52 bits per heavy atom. The Hall–Kier alpha value is -1.26. The second kappa shape index (κ2) is 5.85. The van der Waals surface area contributed by atoms with Gasteiger partial charge in [0, 0.05) is 31.6 Å². The number of phenolic OH excluding ortho intramolecular Hbond substituents is 1. The highest BCUT2D eigenvalue weighted by atomic mass is 16.5. The maximum atomic E-state index is 10.2. The predicted octanol–water partition coefficient (Wildman–Crippen LogP) is 2.34. The molecule has 0 aliphatic carbocycles. The normalized spacial score (nSPS) is 22.1. The van der Waals surface area contributed by atoms with E-state index in [1.807, 2.05) is 20.8 Å². The third-order valence-corrected chi connectivity index (χ3v) is 4.93. The van der Waals surface area contributed by atoms with E-state index < -0.39 is 0 Å². The van der Waals surface area contributed by atoms with E-state index in [0.717, 1.165) is 68.1 Å². The Morgan fingerprint density at radius 2 is 1.81 bits per heavy atom. The first kappa shape index (κ1) is 14.7. The van der Waals surface area contributed by atoms with Crippen LogP contribution in [-0.4, -0.2) is 49.0 Å². The Morgan fingerprint density at radius 1 is 1.10 bits per heavy atom. The molecular formula is C17H25NO3. The highest BCUT2D eigenvalue weighted by Gasteiger charge is 2.29. The molecule has 2 aliphatic heterocycles. The summed E-state index contributed by atoms with van der Waals surface area (Å²) in [5.41, 5.74) is 4.21. The fraction of sp³-hybridized carbons (Fsp3) is 0.647. The molecule has 0 aromatic heterocycles. The first-order valence-electron chi connectivity index (χ1n) is 7.86. The molecule has 4 nitrogen and oxygen atoms in total. The largest absolute Gasteiger partial charge is 0.507 e. The van der Waals surface area contributed by atoms with Gasteiger partial charge in [0.2, 0.25) is 0 Å². The van der Waals surface area contributed by atoms with E-state index in [2.05, 4.69) is 4.90 Å². The quantitative estimate of drug-likeness (QED) is 0.928. The number of ether oxygens (including phenoxy) is 2. The predicted molar refractivity (Wildman–Crippen MR) is 82.3 cm³/mol. The minimum atomic E-state index is 0.237. The van der Waals surface area contributed by atoms with Gasteiger partial charge in [-0.15, -0.1) is 0 Å². The molecule has 2 heterocycles. The second-order valence-electron chi connectivity index (χ2n) is 6.22. The Kier molecular flexibility index (Phi) is 4.09. The molecule has 1 aromatic rings. The van der Waals surface area contributed by atoms with Gasteiger partial charge in [-0.1, -0.05) is 0 Å². The van der Waals surface area contributed by atoms with Crippen molar-refractivity contribution in [2.45, 2.75) is 39.7 Å². The van der Waals surface area contributed by atoms with Crippen molar-refractivity contribution in [3.63, 3.8) is 0 Å². The lowest BCUT2D eigenvalue weighted by Gasteiger charge is -2.27. The second-order valence-corrected chi connectivity index (χ2v) is 6.22. The summed E-state index contributed by atoms with van der Waals surface area (Å²) in [6.07, 6.45) is 2.19. The van der Waals surface area contributed by atoms with Crippen molar-refractivity contribution in [3.05, 3.63) is 22.3 Å². The zero-order valence-electron chi connectivity index (χ0n) is 13.2. The van der Waals surface area contributed by atoms with Crippen molar-refractivity contribution in [2.24, 2.45) is 0 Å². The summed E-state index contributed by atoms with van der Waals surface area (Å²) in [4.78, 5) is 2.44. The van der Waals surface area contributed by atoms with Gasteiger partial charge in [-0.05, 0) is 43.9 Å². The van der Waals surface area contributed by atoms with Crippen LogP contribution in [0.5, 0.6) is 11.5 Å². The summed E-state index contributed by atoms with van der Waals surface area (Å²) >= 11 is 0. The van der Waals surface area contributed by atoms with Crippen molar-refractivity contribution >= 4 is 0 Å². The van der Waals surface area contributed by atoms with Crippen LogP contribution in [0.1, 0.15) is 28.7 Å². The number of hydrogen-bond donors (Lipinski definition) is 1. The Bertz CT molecular complexity index is 499. The highest BCUT2D eigenvalue weighted by molar-refractivity contribution is 5.59. The molecule has 2 aliphatic rings. The average Bonchev–Trinajstić information content (AvgIpc) is 2.94. The molecule has 0 saturated carbocycles. The van der Waals surface area contributed by atoms with E-state index in [-0.39, 0.29) is 6.10 Å². The zero-order valence-corrected chi connectivity index (χ0v) is 13.2. The summed E-state index contributed by atoms with van der Waals surface area (Å²) < 4.78 is 11.6. The topological polar surface area (TPSA) is 41.9 Å². The molecule has 0 spiro atoms. The van der Waals surface area contributed by atoms with Gasteiger partial charge in [0.05, 0.1) is 13.2 Å². The number of nitrogens with zero attached hydrogens (tertiary/aromatic N) is 1. The molecule has 1 atom stereocenters. The van der Waals surface area contributed by atoms with Crippen molar-refractivity contribution in [1.29, 1.82) is 0 Å². The van der Waals surface area contributed by atoms with Crippen LogP contribution in [0.15, 0.2) is 0 Å². The monoisotopic (exact) mass is 291 g/mol. The number of rotatable bonds is 3. The first-order chi connectivity index (χ1) is 10.1. The molecule has 0 radical (unpaired) electrons. The molecule has 3 rings (SSSR count). The van der Waals surface area contributed by atoms with Gasteiger partial charge in [-0.25, -0.2) is 0 Å². The molecule has 116 valence electrons. The summed E-state index contributed by atoms with van der Waals surface area (Å²) in [6, 6.07) is 0. The minimum Gasteiger partial charge on any atom is -0.507 e. The molecule has 0 amide bonds. The van der Waals surface area contributed by atoms with E-state index in [1.165, 1.54) is 5.56 Å². The van der Waals surface area contributed by atoms with Crippen LogP contribution in [0.4, 0.5) is 0 Å². The van der Waals surface area contributed by atoms with Gasteiger partial charge in [0.25, 0.3) is 0 Å². The van der Waals surface area contributed by atoms with E-state index in [4.69, 9.17) is 9.47 Å². The summed E-state index contributed by atoms with van der Waals surface area (Å²) in [5, 5.41) is 10.2. The van der Waals surface area contributed by atoms with Crippen molar-refractivity contribution in [2.75, 3.05) is 32.8 Å². The molecule has 1 unspecified atom stereocenters. The maximum Gasteiger partial charge on any atom is 0.126 e. The van der Waals surface area contributed by atoms with Gasteiger partial charge >= 0.3 is 0 Å². The standard InChI is InChI=1S/C17H25NO3/c1-11-12(2)17-15(13(3)16(11)19)10-14(21-17)4-5-18-6-8-20-9-7-18/h14,19H,4-10H2,1-3H3. The van der Waals surface area contributed by atoms with Gasteiger partial charge in [0.1, 0.15) is 17.6 Å². The maximum absolute atomic E-state index is 10.2. The van der Waals surface area contributed by atoms with Crippen LogP contribution in [0, 0.1) is 20.8 Å². The van der Waals surface area contributed by atoms with Crippen LogP contribution >= 0.6 is 0 Å². The van der Waals surface area contributed by atoms with Crippen LogP contribution in [0.25, 0.3) is 0 Å². The third kappa shape index (κ3) is 2.74. The number of phenols is 1. The molecule has 1 aromatic carbocycles. The van der Waals surface area contributed by atoms with Gasteiger partial charge in [-0.3, -0.25) is 4.90 Å². The van der Waals surface area contributed by atoms with Crippen LogP contribution < -0.4 is 4.74 Å². The Balaban J connectivity index is 1.67. The summed E-state index contributed by atoms with van der Waals surface area (Å²) in [6.45, 7) is 10.8. The van der Waals surface area contributed by atoms with E-state index in [0.29, 0.717) is 5.75 Å². The smallest absolute Gasteiger partial charge is 0.126 e. The first-order valence-corrected chi connectivity index (χ1v) is 7.86. The van der Waals surface area contributed by atoms with Gasteiger partial charge < -0.3 is 14.6 Å². The van der Waals surface area contributed by atoms with Gasteiger partial charge in [-0.2, -0.15) is 0 Å². The fourth-order valence-corrected chi connectivity index (χ4v) is 3.32. The molecule has 1 N–H and O–H groups in total. The molecule has 4 heteroatoms. The molecule has 21 heavy (non-hydrogen) atoms. The number of morpholine rings is 1. The Labute approximate surface area is 126 Å². The number of hydrogen-bond acceptors (Lipinski definition) is 4. The number of fused-ring (bicyclic) bond motifs is 1. The van der Waals surface area contributed by atoms with E-state index >= 15 is 0 Å². The van der Waals surface area contributed by atoms with Crippen LogP contribution in [-0.2, 0) is 11.2 Å². The summed E-state index contributed by atoms with van der Waals surface area (Å²) in [7, 11) is 0. The molecule has 0 bridgehead atoms. The van der Waals surface area contributed by atoms with Crippen molar-refractivity contribution in [3.8, 4) is 11.5 Å². The van der Waals surface area contributed by atoms with Crippen LogP contribution in [0.3, 0.4) is 0 Å². The highest BCUT2D eigenvalue weighted by Crippen LogP contribution is 2.42. The zero-order chi connectivity index (χ0) is 15.0. The average molecular weight is 291 g/mol.